The van der Waals surface area contributed by atoms with Crippen molar-refractivity contribution in [1.82, 2.24) is 0 Å². The molecule has 94 valence electrons. The number of carbonyl (C=O) groups excluding carboxylic acids is 1. The molecule has 0 saturated heterocycles. The summed E-state index contributed by atoms with van der Waals surface area (Å²) in [5.74, 6) is 0.576. The molecular formula is C14H11N3O2. The molecule has 0 aliphatic heterocycles. The van der Waals surface area contributed by atoms with Gasteiger partial charge in [0.25, 0.3) is 0 Å². The molecule has 5 heteroatoms. The standard InChI is InChI=1S/C14H11N3O2/c15-8-10-3-6-12(7-13(10)16)19-11-4-1-9(2-5-11)14(17)18/h1-7H,16H2,(H2,17,18). The van der Waals surface area contributed by atoms with Crippen molar-refractivity contribution >= 4 is 11.6 Å². The van der Waals surface area contributed by atoms with Gasteiger partial charge in [-0.2, -0.15) is 5.26 Å². The van der Waals surface area contributed by atoms with Crippen LogP contribution in [0.2, 0.25) is 0 Å². The van der Waals surface area contributed by atoms with Crippen molar-refractivity contribution in [2.45, 2.75) is 0 Å². The average molecular weight is 253 g/mol. The second kappa shape index (κ2) is 5.10. The molecule has 0 saturated carbocycles. The van der Waals surface area contributed by atoms with Gasteiger partial charge in [0, 0.05) is 11.6 Å². The van der Waals surface area contributed by atoms with Crippen molar-refractivity contribution in [2.24, 2.45) is 5.73 Å². The molecule has 0 heterocycles. The Morgan fingerprint density at radius 2 is 1.74 bits per heavy atom. The van der Waals surface area contributed by atoms with E-state index in [1.165, 1.54) is 0 Å². The number of ether oxygens (including phenoxy) is 1. The number of benzene rings is 2. The van der Waals surface area contributed by atoms with E-state index in [1.807, 2.05) is 6.07 Å². The molecule has 5 nitrogen and oxygen atoms in total. The molecule has 0 aromatic heterocycles. The lowest BCUT2D eigenvalue weighted by Crippen LogP contribution is -2.10. The zero-order valence-corrected chi connectivity index (χ0v) is 9.96. The third-order valence-corrected chi connectivity index (χ3v) is 2.52. The molecule has 0 aliphatic carbocycles. The largest absolute Gasteiger partial charge is 0.457 e. The lowest BCUT2D eigenvalue weighted by molar-refractivity contribution is 0.100. The van der Waals surface area contributed by atoms with Crippen LogP contribution >= 0.6 is 0 Å². The van der Waals surface area contributed by atoms with E-state index >= 15 is 0 Å². The fraction of sp³-hybridized carbons (Fsp3) is 0. The molecule has 2 aromatic rings. The summed E-state index contributed by atoms with van der Waals surface area (Å²) in [4.78, 5) is 10.9. The third kappa shape index (κ3) is 2.82. The first-order valence-electron chi connectivity index (χ1n) is 5.47. The minimum atomic E-state index is -0.492. The Hall–Kier alpha value is -3.00. The minimum Gasteiger partial charge on any atom is -0.457 e. The van der Waals surface area contributed by atoms with Crippen LogP contribution in [0.3, 0.4) is 0 Å². The second-order valence-corrected chi connectivity index (χ2v) is 3.85. The Kier molecular flexibility index (Phi) is 3.35. The highest BCUT2D eigenvalue weighted by Crippen LogP contribution is 2.25. The molecular weight excluding hydrogens is 242 g/mol. The van der Waals surface area contributed by atoms with Gasteiger partial charge in [-0.1, -0.05) is 0 Å². The highest BCUT2D eigenvalue weighted by atomic mass is 16.5. The number of hydrogen-bond acceptors (Lipinski definition) is 4. The first kappa shape index (κ1) is 12.5. The van der Waals surface area contributed by atoms with Crippen LogP contribution in [0.1, 0.15) is 15.9 Å². The molecule has 1 amide bonds. The van der Waals surface area contributed by atoms with Gasteiger partial charge in [0.15, 0.2) is 0 Å². The van der Waals surface area contributed by atoms with Crippen LogP contribution in [0, 0.1) is 11.3 Å². The Morgan fingerprint density at radius 3 is 2.26 bits per heavy atom. The Morgan fingerprint density at radius 1 is 1.11 bits per heavy atom. The summed E-state index contributed by atoms with van der Waals surface area (Å²) < 4.78 is 5.55. The number of nitriles is 1. The van der Waals surface area contributed by atoms with Crippen molar-refractivity contribution in [3.8, 4) is 17.6 Å². The number of nitrogen functional groups attached to an aromatic ring is 1. The summed E-state index contributed by atoms with van der Waals surface area (Å²) in [6, 6.07) is 13.2. The highest BCUT2D eigenvalue weighted by Gasteiger charge is 2.04. The number of nitrogens with zero attached hydrogens (tertiary/aromatic N) is 1. The van der Waals surface area contributed by atoms with Gasteiger partial charge in [0.05, 0.1) is 11.3 Å². The summed E-state index contributed by atoms with van der Waals surface area (Å²) in [5.41, 5.74) is 12.0. The van der Waals surface area contributed by atoms with Crippen LogP contribution in [0.5, 0.6) is 11.5 Å². The van der Waals surface area contributed by atoms with E-state index in [0.717, 1.165) is 0 Å². The lowest BCUT2D eigenvalue weighted by atomic mass is 10.2. The number of primary amides is 1. The minimum absolute atomic E-state index is 0.355. The summed E-state index contributed by atoms with van der Waals surface area (Å²) in [6.45, 7) is 0. The number of amides is 1. The predicted molar refractivity (Wildman–Crippen MR) is 70.6 cm³/mol. The SMILES string of the molecule is N#Cc1ccc(Oc2ccc(C(N)=O)cc2)cc1N. The van der Waals surface area contributed by atoms with Gasteiger partial charge in [-0.25, -0.2) is 0 Å². The zero-order valence-electron chi connectivity index (χ0n) is 9.96. The van der Waals surface area contributed by atoms with Crippen LogP contribution in [-0.4, -0.2) is 5.91 Å². The van der Waals surface area contributed by atoms with E-state index in [1.54, 1.807) is 42.5 Å². The molecule has 0 fully saturated rings. The Bertz CT molecular complexity index is 657. The van der Waals surface area contributed by atoms with E-state index in [0.29, 0.717) is 28.3 Å². The van der Waals surface area contributed by atoms with Gasteiger partial charge in [-0.3, -0.25) is 4.79 Å². The van der Waals surface area contributed by atoms with Crippen molar-refractivity contribution in [2.75, 3.05) is 5.73 Å². The molecule has 0 atom stereocenters. The van der Waals surface area contributed by atoms with Crippen LogP contribution in [0.25, 0.3) is 0 Å². The number of hydrogen-bond donors (Lipinski definition) is 2. The molecule has 19 heavy (non-hydrogen) atoms. The van der Waals surface area contributed by atoms with Gasteiger partial charge in [-0.05, 0) is 36.4 Å². The van der Waals surface area contributed by atoms with E-state index < -0.39 is 5.91 Å². The maximum absolute atomic E-state index is 10.9. The summed E-state index contributed by atoms with van der Waals surface area (Å²) in [5, 5.41) is 8.77. The summed E-state index contributed by atoms with van der Waals surface area (Å²) in [7, 11) is 0. The van der Waals surface area contributed by atoms with Gasteiger partial charge in [-0.15, -0.1) is 0 Å². The highest BCUT2D eigenvalue weighted by molar-refractivity contribution is 5.92. The van der Waals surface area contributed by atoms with Crippen molar-refractivity contribution in [3.05, 3.63) is 53.6 Å². The topological polar surface area (TPSA) is 102 Å². The number of anilines is 1. The van der Waals surface area contributed by atoms with E-state index in [4.69, 9.17) is 21.5 Å². The quantitative estimate of drug-likeness (QED) is 0.817. The van der Waals surface area contributed by atoms with E-state index in [9.17, 15) is 4.79 Å². The fourth-order valence-electron chi connectivity index (χ4n) is 1.53. The maximum atomic E-state index is 10.9. The Balaban J connectivity index is 2.19. The number of rotatable bonds is 3. The molecule has 2 rings (SSSR count). The van der Waals surface area contributed by atoms with Gasteiger partial charge in [0.1, 0.15) is 17.6 Å². The van der Waals surface area contributed by atoms with E-state index in [2.05, 4.69) is 0 Å². The van der Waals surface area contributed by atoms with Gasteiger partial charge in [0.2, 0.25) is 5.91 Å². The zero-order chi connectivity index (χ0) is 13.8. The van der Waals surface area contributed by atoms with Crippen molar-refractivity contribution in [1.29, 1.82) is 5.26 Å². The first-order chi connectivity index (χ1) is 9.10. The molecule has 0 aliphatic rings. The summed E-state index contributed by atoms with van der Waals surface area (Å²) in [6.07, 6.45) is 0. The summed E-state index contributed by atoms with van der Waals surface area (Å²) >= 11 is 0. The van der Waals surface area contributed by atoms with Crippen LogP contribution in [0.4, 0.5) is 5.69 Å². The fourth-order valence-corrected chi connectivity index (χ4v) is 1.53. The molecule has 0 bridgehead atoms. The van der Waals surface area contributed by atoms with Crippen LogP contribution in [-0.2, 0) is 0 Å². The maximum Gasteiger partial charge on any atom is 0.248 e. The molecule has 0 unspecified atom stereocenters. The first-order valence-corrected chi connectivity index (χ1v) is 5.47. The van der Waals surface area contributed by atoms with Crippen molar-refractivity contribution < 1.29 is 9.53 Å². The second-order valence-electron chi connectivity index (χ2n) is 3.85. The molecule has 4 N–H and O–H groups in total. The monoisotopic (exact) mass is 253 g/mol. The smallest absolute Gasteiger partial charge is 0.248 e. The lowest BCUT2D eigenvalue weighted by Gasteiger charge is -2.07. The van der Waals surface area contributed by atoms with Crippen molar-refractivity contribution in [3.63, 3.8) is 0 Å². The third-order valence-electron chi connectivity index (χ3n) is 2.52. The normalized spacial score (nSPS) is 9.63. The van der Waals surface area contributed by atoms with Crippen LogP contribution < -0.4 is 16.2 Å². The molecule has 0 radical (unpaired) electrons. The molecule has 2 aromatic carbocycles. The van der Waals surface area contributed by atoms with Gasteiger partial charge < -0.3 is 16.2 Å². The van der Waals surface area contributed by atoms with E-state index in [-0.39, 0.29) is 0 Å². The predicted octanol–water partition coefficient (Wildman–Crippen LogP) is 2.03. The average Bonchev–Trinajstić information content (AvgIpc) is 2.39. The number of carbonyl (C=O) groups is 1. The molecule has 0 spiro atoms. The van der Waals surface area contributed by atoms with Crippen LogP contribution in [0.15, 0.2) is 42.5 Å². The van der Waals surface area contributed by atoms with Gasteiger partial charge >= 0.3 is 0 Å². The number of nitrogens with two attached hydrogens (primary N) is 2. The Labute approximate surface area is 110 Å².